The molecule has 1 heterocycles. The molecule has 0 bridgehead atoms. The lowest BCUT2D eigenvalue weighted by atomic mass is 10.3. The zero-order valence-electron chi connectivity index (χ0n) is 12.8. The molecule has 0 aliphatic carbocycles. The molecule has 9 heteroatoms. The molecule has 0 saturated carbocycles. The first-order valence-corrected chi connectivity index (χ1v) is 9.43. The number of hydrogen-bond donors (Lipinski definition) is 1. The second-order valence-electron chi connectivity index (χ2n) is 5.28. The molecule has 0 radical (unpaired) electrons. The van der Waals surface area contributed by atoms with E-state index in [4.69, 9.17) is 23.2 Å². The van der Waals surface area contributed by atoms with Gasteiger partial charge in [-0.2, -0.15) is 4.31 Å². The van der Waals surface area contributed by atoms with E-state index in [1.807, 2.05) is 0 Å². The molecule has 1 aromatic rings. The van der Waals surface area contributed by atoms with E-state index in [-0.39, 0.29) is 20.8 Å². The monoisotopic (exact) mass is 379 g/mol. The molecule has 0 unspecified atom stereocenters. The van der Waals surface area contributed by atoms with E-state index >= 15 is 0 Å². The van der Waals surface area contributed by atoms with E-state index in [0.717, 1.165) is 0 Å². The average molecular weight is 380 g/mol. The van der Waals surface area contributed by atoms with Crippen LogP contribution >= 0.6 is 23.2 Å². The van der Waals surface area contributed by atoms with E-state index in [1.165, 1.54) is 23.4 Å². The summed E-state index contributed by atoms with van der Waals surface area (Å²) >= 11 is 12.0. The van der Waals surface area contributed by atoms with Crippen molar-refractivity contribution in [2.45, 2.75) is 11.8 Å². The molecular formula is C14H19Cl2N3O3S. The van der Waals surface area contributed by atoms with Crippen molar-refractivity contribution >= 4 is 39.1 Å². The fourth-order valence-electron chi connectivity index (χ4n) is 2.44. The van der Waals surface area contributed by atoms with Crippen LogP contribution in [0, 0.1) is 0 Å². The van der Waals surface area contributed by atoms with Crippen molar-refractivity contribution in [1.29, 1.82) is 0 Å². The summed E-state index contributed by atoms with van der Waals surface area (Å²) in [6, 6.07) is 4.65. The van der Waals surface area contributed by atoms with Crippen LogP contribution in [0.5, 0.6) is 0 Å². The summed E-state index contributed by atoms with van der Waals surface area (Å²) in [5.74, 6) is -0.0698. The van der Waals surface area contributed by atoms with E-state index < -0.39 is 10.0 Å². The highest BCUT2D eigenvalue weighted by Crippen LogP contribution is 2.31. The summed E-state index contributed by atoms with van der Waals surface area (Å²) in [6.45, 7) is 4.65. The maximum Gasteiger partial charge on any atom is 0.246 e. The van der Waals surface area contributed by atoms with Crippen LogP contribution in [0.25, 0.3) is 0 Å². The summed E-state index contributed by atoms with van der Waals surface area (Å²) in [7, 11) is -3.71. The maximum absolute atomic E-state index is 12.7. The number of amides is 1. The van der Waals surface area contributed by atoms with Gasteiger partial charge in [-0.25, -0.2) is 8.42 Å². The Labute approximate surface area is 146 Å². The third-order valence-electron chi connectivity index (χ3n) is 3.65. The van der Waals surface area contributed by atoms with Crippen molar-refractivity contribution in [3.63, 3.8) is 0 Å². The summed E-state index contributed by atoms with van der Waals surface area (Å²) in [5.41, 5.74) is 0. The minimum atomic E-state index is -3.71. The number of rotatable bonds is 5. The van der Waals surface area contributed by atoms with Crippen molar-refractivity contribution in [3.8, 4) is 0 Å². The van der Waals surface area contributed by atoms with Crippen LogP contribution in [0.2, 0.25) is 10.0 Å². The molecule has 0 aromatic heterocycles. The van der Waals surface area contributed by atoms with Gasteiger partial charge in [-0.15, -0.1) is 0 Å². The molecule has 1 aliphatic heterocycles. The van der Waals surface area contributed by atoms with Crippen LogP contribution < -0.4 is 5.32 Å². The van der Waals surface area contributed by atoms with Gasteiger partial charge >= 0.3 is 0 Å². The molecule has 1 fully saturated rings. The molecular weight excluding hydrogens is 361 g/mol. The first-order chi connectivity index (χ1) is 10.8. The summed E-state index contributed by atoms with van der Waals surface area (Å²) in [4.78, 5) is 12.9. The van der Waals surface area contributed by atoms with Crippen molar-refractivity contribution in [3.05, 3.63) is 28.2 Å². The summed E-state index contributed by atoms with van der Waals surface area (Å²) in [6.07, 6.45) is 0. The van der Waals surface area contributed by atoms with Crippen molar-refractivity contribution < 1.29 is 13.2 Å². The lowest BCUT2D eigenvalue weighted by Crippen LogP contribution is -2.50. The highest BCUT2D eigenvalue weighted by Gasteiger charge is 2.31. The quantitative estimate of drug-likeness (QED) is 0.839. The number of piperazine rings is 1. The van der Waals surface area contributed by atoms with Crippen molar-refractivity contribution in [2.75, 3.05) is 39.3 Å². The number of carbonyl (C=O) groups excluding carboxylic acids is 1. The van der Waals surface area contributed by atoms with E-state index in [1.54, 1.807) is 6.07 Å². The lowest BCUT2D eigenvalue weighted by molar-refractivity contribution is -0.119. The SMILES string of the molecule is CC(=O)NCCN1CCN(S(=O)(=O)c2c(Cl)cccc2Cl)CC1. The third kappa shape index (κ3) is 4.58. The first kappa shape index (κ1) is 18.5. The predicted octanol–water partition coefficient (Wildman–Crippen LogP) is 1.44. The van der Waals surface area contributed by atoms with Crippen LogP contribution in [0.15, 0.2) is 23.1 Å². The Hall–Kier alpha value is -0.860. The van der Waals surface area contributed by atoms with Gasteiger partial charge in [-0.3, -0.25) is 9.69 Å². The minimum Gasteiger partial charge on any atom is -0.355 e. The first-order valence-electron chi connectivity index (χ1n) is 7.23. The molecule has 1 aliphatic rings. The number of benzene rings is 1. The number of hydrogen-bond acceptors (Lipinski definition) is 4. The van der Waals surface area contributed by atoms with Gasteiger partial charge in [-0.1, -0.05) is 29.3 Å². The van der Waals surface area contributed by atoms with Crippen molar-refractivity contribution in [1.82, 2.24) is 14.5 Å². The van der Waals surface area contributed by atoms with Crippen LogP contribution in [-0.2, 0) is 14.8 Å². The maximum atomic E-state index is 12.7. The predicted molar refractivity (Wildman–Crippen MR) is 90.3 cm³/mol. The molecule has 1 N–H and O–H groups in total. The van der Waals surface area contributed by atoms with Crippen LogP contribution in [0.3, 0.4) is 0 Å². The van der Waals surface area contributed by atoms with E-state index in [2.05, 4.69) is 10.2 Å². The molecule has 128 valence electrons. The Morgan fingerprint density at radius 1 is 1.17 bits per heavy atom. The van der Waals surface area contributed by atoms with Gasteiger partial charge in [0.25, 0.3) is 0 Å². The molecule has 1 amide bonds. The smallest absolute Gasteiger partial charge is 0.246 e. The molecule has 1 aromatic carbocycles. The Morgan fingerprint density at radius 3 is 2.26 bits per heavy atom. The second kappa shape index (κ2) is 7.81. The van der Waals surface area contributed by atoms with Crippen LogP contribution in [-0.4, -0.2) is 62.8 Å². The number of nitrogens with zero attached hydrogens (tertiary/aromatic N) is 2. The number of nitrogens with one attached hydrogen (secondary N) is 1. The van der Waals surface area contributed by atoms with Gasteiger partial charge in [0.15, 0.2) is 0 Å². The standard InChI is InChI=1S/C14H19Cl2N3O3S/c1-11(20)17-5-6-18-7-9-19(10-8-18)23(21,22)14-12(15)3-2-4-13(14)16/h2-4H,5-10H2,1H3,(H,17,20). The minimum absolute atomic E-state index is 0.0324. The lowest BCUT2D eigenvalue weighted by Gasteiger charge is -2.34. The Kier molecular flexibility index (Phi) is 6.27. The largest absolute Gasteiger partial charge is 0.355 e. The van der Waals surface area contributed by atoms with Gasteiger partial charge in [0.1, 0.15) is 4.90 Å². The van der Waals surface area contributed by atoms with Gasteiger partial charge in [0.2, 0.25) is 15.9 Å². The molecule has 6 nitrogen and oxygen atoms in total. The molecule has 0 atom stereocenters. The zero-order valence-corrected chi connectivity index (χ0v) is 15.1. The molecule has 1 saturated heterocycles. The summed E-state index contributed by atoms with van der Waals surface area (Å²) < 4.78 is 26.8. The average Bonchev–Trinajstić information content (AvgIpc) is 2.47. The molecule has 2 rings (SSSR count). The molecule has 23 heavy (non-hydrogen) atoms. The van der Waals surface area contributed by atoms with Gasteiger partial charge in [0, 0.05) is 46.2 Å². The van der Waals surface area contributed by atoms with E-state index in [9.17, 15) is 13.2 Å². The fraction of sp³-hybridized carbons (Fsp3) is 0.500. The Balaban J connectivity index is 2.00. The van der Waals surface area contributed by atoms with Gasteiger partial charge in [-0.05, 0) is 12.1 Å². The topological polar surface area (TPSA) is 69.7 Å². The molecule has 0 spiro atoms. The zero-order chi connectivity index (χ0) is 17.0. The Morgan fingerprint density at radius 2 is 1.74 bits per heavy atom. The second-order valence-corrected chi connectivity index (χ2v) is 7.97. The highest BCUT2D eigenvalue weighted by atomic mass is 35.5. The van der Waals surface area contributed by atoms with Crippen LogP contribution in [0.1, 0.15) is 6.92 Å². The van der Waals surface area contributed by atoms with Gasteiger partial charge in [0.05, 0.1) is 10.0 Å². The van der Waals surface area contributed by atoms with Gasteiger partial charge < -0.3 is 5.32 Å². The van der Waals surface area contributed by atoms with Crippen molar-refractivity contribution in [2.24, 2.45) is 0 Å². The van der Waals surface area contributed by atoms with E-state index in [0.29, 0.717) is 39.3 Å². The number of sulfonamides is 1. The normalized spacial score (nSPS) is 17.2. The summed E-state index contributed by atoms with van der Waals surface area (Å²) in [5, 5.41) is 2.99. The Bertz CT molecular complexity index is 654. The van der Waals surface area contributed by atoms with Crippen LogP contribution in [0.4, 0.5) is 0 Å². The fourth-order valence-corrected chi connectivity index (χ4v) is 4.96. The number of carbonyl (C=O) groups is 1. The number of halogens is 2. The third-order valence-corrected chi connectivity index (χ3v) is 6.50. The highest BCUT2D eigenvalue weighted by molar-refractivity contribution is 7.89.